The molecule has 1 N–H and O–H groups in total. The number of rotatable bonds is 7. The fourth-order valence-corrected chi connectivity index (χ4v) is 3.63. The van der Waals surface area contributed by atoms with Gasteiger partial charge < -0.3 is 10.2 Å². The lowest BCUT2D eigenvalue weighted by Gasteiger charge is -2.35. The van der Waals surface area contributed by atoms with E-state index in [1.165, 1.54) is 6.07 Å². The van der Waals surface area contributed by atoms with Crippen LogP contribution in [0.1, 0.15) is 30.0 Å². The van der Waals surface area contributed by atoms with Gasteiger partial charge in [-0.25, -0.2) is 0 Å². The SMILES string of the molecule is CCN(Cc1ccncc1)C(=O)CC1C(=O)NCCN1Cc1cccc(C(F)(F)F)c1. The number of carbonyl (C=O) groups is 2. The summed E-state index contributed by atoms with van der Waals surface area (Å²) in [7, 11) is 0. The number of halogens is 3. The van der Waals surface area contributed by atoms with Gasteiger partial charge in [-0.2, -0.15) is 13.2 Å². The van der Waals surface area contributed by atoms with Gasteiger partial charge in [0, 0.05) is 45.1 Å². The Morgan fingerprint density at radius 1 is 1.23 bits per heavy atom. The Labute approximate surface area is 179 Å². The van der Waals surface area contributed by atoms with Gasteiger partial charge in [-0.15, -0.1) is 0 Å². The molecule has 1 saturated heterocycles. The van der Waals surface area contributed by atoms with Crippen LogP contribution in [-0.4, -0.2) is 52.3 Å². The first-order valence-electron chi connectivity index (χ1n) is 10.1. The van der Waals surface area contributed by atoms with Gasteiger partial charge >= 0.3 is 6.18 Å². The number of hydrogen-bond acceptors (Lipinski definition) is 4. The van der Waals surface area contributed by atoms with Crippen LogP contribution in [-0.2, 0) is 28.9 Å². The molecule has 31 heavy (non-hydrogen) atoms. The van der Waals surface area contributed by atoms with Crippen LogP contribution in [0.4, 0.5) is 13.2 Å². The van der Waals surface area contributed by atoms with Crippen molar-refractivity contribution in [3.63, 3.8) is 0 Å². The predicted octanol–water partition coefficient (Wildman–Crippen LogP) is 2.84. The molecule has 1 unspecified atom stereocenters. The summed E-state index contributed by atoms with van der Waals surface area (Å²) in [5, 5.41) is 2.76. The maximum Gasteiger partial charge on any atom is 0.416 e. The van der Waals surface area contributed by atoms with Crippen molar-refractivity contribution in [3.05, 3.63) is 65.5 Å². The summed E-state index contributed by atoms with van der Waals surface area (Å²) in [5.41, 5.74) is 0.652. The molecule has 0 spiro atoms. The number of benzene rings is 1. The van der Waals surface area contributed by atoms with Gasteiger partial charge in [0.15, 0.2) is 0 Å². The highest BCUT2D eigenvalue weighted by molar-refractivity contribution is 5.88. The third-order valence-corrected chi connectivity index (χ3v) is 5.31. The lowest BCUT2D eigenvalue weighted by Crippen LogP contribution is -2.56. The summed E-state index contributed by atoms with van der Waals surface area (Å²) < 4.78 is 39.1. The van der Waals surface area contributed by atoms with Crippen LogP contribution < -0.4 is 5.32 Å². The van der Waals surface area contributed by atoms with Gasteiger partial charge in [0.1, 0.15) is 0 Å². The summed E-state index contributed by atoms with van der Waals surface area (Å²) in [5.74, 6) is -0.470. The Bertz CT molecular complexity index is 905. The number of alkyl halides is 3. The van der Waals surface area contributed by atoms with Crippen LogP contribution in [0, 0.1) is 0 Å². The molecule has 9 heteroatoms. The van der Waals surface area contributed by atoms with Gasteiger partial charge in [-0.1, -0.05) is 18.2 Å². The number of aromatic nitrogens is 1. The minimum absolute atomic E-state index is 0.0380. The summed E-state index contributed by atoms with van der Waals surface area (Å²) >= 11 is 0. The molecule has 0 bridgehead atoms. The van der Waals surface area contributed by atoms with E-state index in [2.05, 4.69) is 10.3 Å². The molecule has 166 valence electrons. The molecule has 2 heterocycles. The first-order valence-corrected chi connectivity index (χ1v) is 10.1. The Morgan fingerprint density at radius 3 is 2.65 bits per heavy atom. The van der Waals surface area contributed by atoms with Crippen molar-refractivity contribution >= 4 is 11.8 Å². The van der Waals surface area contributed by atoms with Gasteiger partial charge in [0.2, 0.25) is 11.8 Å². The maximum absolute atomic E-state index is 13.0. The highest BCUT2D eigenvalue weighted by atomic mass is 19.4. The lowest BCUT2D eigenvalue weighted by molar-refractivity contribution is -0.139. The summed E-state index contributed by atoms with van der Waals surface area (Å²) in [6.45, 7) is 3.74. The number of piperazine rings is 1. The van der Waals surface area contributed by atoms with E-state index in [1.54, 1.807) is 28.3 Å². The van der Waals surface area contributed by atoms with Gasteiger partial charge in [-0.05, 0) is 36.2 Å². The van der Waals surface area contributed by atoms with Crippen molar-refractivity contribution in [2.75, 3.05) is 19.6 Å². The van der Waals surface area contributed by atoms with Crippen LogP contribution in [0.15, 0.2) is 48.8 Å². The van der Waals surface area contributed by atoms with E-state index in [1.807, 2.05) is 19.1 Å². The second kappa shape index (κ2) is 9.91. The lowest BCUT2D eigenvalue weighted by atomic mass is 10.0. The normalized spacial score (nSPS) is 17.3. The van der Waals surface area contributed by atoms with Crippen LogP contribution in [0.2, 0.25) is 0 Å². The molecule has 2 amide bonds. The highest BCUT2D eigenvalue weighted by Gasteiger charge is 2.34. The fraction of sp³-hybridized carbons (Fsp3) is 0.409. The molecular formula is C22H25F3N4O2. The largest absolute Gasteiger partial charge is 0.416 e. The van der Waals surface area contributed by atoms with Crippen LogP contribution in [0.25, 0.3) is 0 Å². The van der Waals surface area contributed by atoms with Crippen molar-refractivity contribution in [3.8, 4) is 0 Å². The standard InChI is InChI=1S/C22H25F3N4O2/c1-2-28(14-16-6-8-26-9-7-16)20(30)13-19-21(31)27-10-11-29(19)15-17-4-3-5-18(12-17)22(23,24)25/h3-9,12,19H,2,10-11,13-15H2,1H3,(H,27,31). The maximum atomic E-state index is 13.0. The van der Waals surface area contributed by atoms with Crippen molar-refractivity contribution in [2.24, 2.45) is 0 Å². The number of amides is 2. The number of hydrogen-bond donors (Lipinski definition) is 1. The first-order chi connectivity index (χ1) is 14.8. The highest BCUT2D eigenvalue weighted by Crippen LogP contribution is 2.30. The van der Waals surface area contributed by atoms with Crippen molar-refractivity contribution in [2.45, 2.75) is 38.7 Å². The molecular weight excluding hydrogens is 409 g/mol. The second-order valence-electron chi connectivity index (χ2n) is 7.44. The molecule has 6 nitrogen and oxygen atoms in total. The third kappa shape index (κ3) is 6.04. The second-order valence-corrected chi connectivity index (χ2v) is 7.44. The summed E-state index contributed by atoms with van der Waals surface area (Å²) in [4.78, 5) is 32.8. The van der Waals surface area contributed by atoms with E-state index < -0.39 is 17.8 Å². The first kappa shape index (κ1) is 22.7. The van der Waals surface area contributed by atoms with E-state index >= 15 is 0 Å². The summed E-state index contributed by atoms with van der Waals surface area (Å²) in [6.07, 6.45) is -1.17. The van der Waals surface area contributed by atoms with Crippen molar-refractivity contribution in [1.82, 2.24) is 20.1 Å². The van der Waals surface area contributed by atoms with E-state index in [0.29, 0.717) is 31.7 Å². The zero-order valence-corrected chi connectivity index (χ0v) is 17.2. The molecule has 0 aliphatic carbocycles. The number of carbonyl (C=O) groups excluding carboxylic acids is 2. The van der Waals surface area contributed by atoms with Crippen LogP contribution in [0.5, 0.6) is 0 Å². The number of nitrogens with one attached hydrogen (secondary N) is 1. The zero-order valence-electron chi connectivity index (χ0n) is 17.2. The Morgan fingerprint density at radius 2 is 1.97 bits per heavy atom. The van der Waals surface area contributed by atoms with Gasteiger partial charge in [0.25, 0.3) is 0 Å². The Balaban J connectivity index is 1.71. The molecule has 1 atom stereocenters. The van der Waals surface area contributed by atoms with Crippen LogP contribution in [0.3, 0.4) is 0 Å². The van der Waals surface area contributed by atoms with E-state index in [-0.39, 0.29) is 24.8 Å². The van der Waals surface area contributed by atoms with Crippen molar-refractivity contribution in [1.29, 1.82) is 0 Å². The molecule has 1 fully saturated rings. The van der Waals surface area contributed by atoms with Gasteiger partial charge in [-0.3, -0.25) is 19.5 Å². The molecule has 0 radical (unpaired) electrons. The topological polar surface area (TPSA) is 65.5 Å². The molecule has 1 aromatic heterocycles. The molecule has 3 rings (SSSR count). The Hall–Kier alpha value is -2.94. The van der Waals surface area contributed by atoms with Crippen molar-refractivity contribution < 1.29 is 22.8 Å². The minimum Gasteiger partial charge on any atom is -0.353 e. The minimum atomic E-state index is -4.43. The third-order valence-electron chi connectivity index (χ3n) is 5.31. The molecule has 2 aromatic rings. The van der Waals surface area contributed by atoms with Crippen LogP contribution >= 0.6 is 0 Å². The zero-order chi connectivity index (χ0) is 22.4. The number of nitrogens with zero attached hydrogens (tertiary/aromatic N) is 3. The molecule has 1 aliphatic heterocycles. The average molecular weight is 434 g/mol. The van der Waals surface area contributed by atoms with E-state index in [0.717, 1.165) is 17.7 Å². The van der Waals surface area contributed by atoms with Gasteiger partial charge in [0.05, 0.1) is 18.0 Å². The van der Waals surface area contributed by atoms with E-state index in [4.69, 9.17) is 0 Å². The number of pyridine rings is 1. The monoisotopic (exact) mass is 434 g/mol. The smallest absolute Gasteiger partial charge is 0.353 e. The average Bonchev–Trinajstić information content (AvgIpc) is 2.74. The quantitative estimate of drug-likeness (QED) is 0.728. The fourth-order valence-electron chi connectivity index (χ4n) is 3.63. The molecule has 1 aliphatic rings. The predicted molar refractivity (Wildman–Crippen MR) is 109 cm³/mol. The molecule has 0 saturated carbocycles. The summed E-state index contributed by atoms with van der Waals surface area (Å²) in [6, 6.07) is 7.98. The van der Waals surface area contributed by atoms with E-state index in [9.17, 15) is 22.8 Å². The molecule has 1 aromatic carbocycles. The Kier molecular flexibility index (Phi) is 7.27.